The molecule has 23 heavy (non-hydrogen) atoms. The summed E-state index contributed by atoms with van der Waals surface area (Å²) in [5.74, 6) is -0.845. The Bertz CT molecular complexity index is 829. The van der Waals surface area contributed by atoms with Crippen molar-refractivity contribution >= 4 is 11.8 Å². The topological polar surface area (TPSA) is 67.5 Å². The van der Waals surface area contributed by atoms with Gasteiger partial charge in [-0.3, -0.25) is 9.59 Å². The maximum atomic E-state index is 12.4. The average molecular weight is 306 g/mol. The lowest BCUT2D eigenvalue weighted by Crippen LogP contribution is -2.00. The number of carboxylic acids is 1. The van der Waals surface area contributed by atoms with Gasteiger partial charge in [0.1, 0.15) is 12.2 Å². The zero-order chi connectivity index (χ0) is 16.2. The zero-order valence-electron chi connectivity index (χ0n) is 12.2. The molecule has 1 N–H and O–H groups in total. The van der Waals surface area contributed by atoms with Crippen LogP contribution in [0.2, 0.25) is 0 Å². The first-order valence-electron chi connectivity index (χ1n) is 7.14. The fourth-order valence-electron chi connectivity index (χ4n) is 2.33. The van der Waals surface area contributed by atoms with Crippen LogP contribution in [0.5, 0.6) is 0 Å². The number of carbonyl (C=O) groups excluding carboxylic acids is 1. The Hall–Kier alpha value is -3.14. The molecule has 4 nitrogen and oxygen atoms in total. The van der Waals surface area contributed by atoms with Gasteiger partial charge in [-0.15, -0.1) is 0 Å². The fourth-order valence-corrected chi connectivity index (χ4v) is 2.33. The standard InChI is InChI=1S/C19H14O4/c20-18(21)12-16-10-11-17(23-16)19(22)15-8-6-14(7-9-15)13-4-2-1-3-5-13/h1-11H,12H2,(H,20,21). The Morgan fingerprint density at radius 2 is 1.48 bits per heavy atom. The highest BCUT2D eigenvalue weighted by Crippen LogP contribution is 2.21. The molecular weight excluding hydrogens is 292 g/mol. The Kier molecular flexibility index (Phi) is 4.06. The number of aliphatic carboxylic acids is 1. The molecule has 3 aromatic rings. The number of hydrogen-bond acceptors (Lipinski definition) is 3. The van der Waals surface area contributed by atoms with Crippen molar-refractivity contribution in [3.63, 3.8) is 0 Å². The monoisotopic (exact) mass is 306 g/mol. The molecule has 0 aliphatic carbocycles. The van der Waals surface area contributed by atoms with Crippen LogP contribution in [0.15, 0.2) is 71.1 Å². The van der Waals surface area contributed by atoms with E-state index in [1.165, 1.54) is 12.1 Å². The number of carbonyl (C=O) groups is 2. The molecule has 0 radical (unpaired) electrons. The quantitative estimate of drug-likeness (QED) is 0.728. The van der Waals surface area contributed by atoms with Crippen molar-refractivity contribution in [2.75, 3.05) is 0 Å². The van der Waals surface area contributed by atoms with E-state index >= 15 is 0 Å². The predicted molar refractivity (Wildman–Crippen MR) is 85.4 cm³/mol. The molecule has 0 atom stereocenters. The molecule has 114 valence electrons. The molecule has 0 bridgehead atoms. The number of ketones is 1. The van der Waals surface area contributed by atoms with E-state index in [0.29, 0.717) is 5.56 Å². The van der Waals surface area contributed by atoms with Crippen molar-refractivity contribution in [2.45, 2.75) is 6.42 Å². The van der Waals surface area contributed by atoms with Gasteiger partial charge >= 0.3 is 5.97 Å². The lowest BCUT2D eigenvalue weighted by atomic mass is 10.0. The fraction of sp³-hybridized carbons (Fsp3) is 0.0526. The molecule has 1 heterocycles. The van der Waals surface area contributed by atoms with Crippen LogP contribution in [0, 0.1) is 0 Å². The summed E-state index contributed by atoms with van der Waals surface area (Å²) in [4.78, 5) is 23.0. The highest BCUT2D eigenvalue weighted by molar-refractivity contribution is 6.07. The molecule has 0 saturated carbocycles. The van der Waals surface area contributed by atoms with E-state index in [1.807, 2.05) is 42.5 Å². The van der Waals surface area contributed by atoms with Crippen LogP contribution in [0.3, 0.4) is 0 Å². The van der Waals surface area contributed by atoms with E-state index in [1.54, 1.807) is 12.1 Å². The van der Waals surface area contributed by atoms with Crippen molar-refractivity contribution in [1.29, 1.82) is 0 Å². The van der Waals surface area contributed by atoms with E-state index in [2.05, 4.69) is 0 Å². The van der Waals surface area contributed by atoms with Crippen molar-refractivity contribution in [1.82, 2.24) is 0 Å². The van der Waals surface area contributed by atoms with Gasteiger partial charge < -0.3 is 9.52 Å². The highest BCUT2D eigenvalue weighted by Gasteiger charge is 2.15. The number of furan rings is 1. The van der Waals surface area contributed by atoms with Gasteiger partial charge in [0.15, 0.2) is 5.76 Å². The van der Waals surface area contributed by atoms with E-state index in [-0.39, 0.29) is 23.7 Å². The maximum Gasteiger partial charge on any atom is 0.311 e. The minimum atomic E-state index is -0.995. The second kappa shape index (κ2) is 6.32. The predicted octanol–water partition coefficient (Wildman–Crippen LogP) is 3.80. The number of rotatable bonds is 5. The minimum Gasteiger partial charge on any atom is -0.481 e. The second-order valence-corrected chi connectivity index (χ2v) is 5.11. The van der Waals surface area contributed by atoms with E-state index in [0.717, 1.165) is 11.1 Å². The Balaban J connectivity index is 1.80. The molecule has 4 heteroatoms. The van der Waals surface area contributed by atoms with Gasteiger partial charge in [-0.25, -0.2) is 0 Å². The largest absolute Gasteiger partial charge is 0.481 e. The van der Waals surface area contributed by atoms with Crippen LogP contribution in [0.1, 0.15) is 21.9 Å². The Morgan fingerprint density at radius 1 is 0.826 bits per heavy atom. The van der Waals surface area contributed by atoms with Gasteiger partial charge in [0.2, 0.25) is 5.78 Å². The summed E-state index contributed by atoms with van der Waals surface area (Å²) in [5, 5.41) is 8.73. The van der Waals surface area contributed by atoms with Gasteiger partial charge in [0, 0.05) is 5.56 Å². The molecule has 0 amide bonds. The molecule has 0 spiro atoms. The van der Waals surface area contributed by atoms with Gasteiger partial charge in [0.25, 0.3) is 0 Å². The number of hydrogen-bond donors (Lipinski definition) is 1. The minimum absolute atomic E-state index is 0.147. The molecule has 0 aliphatic heterocycles. The van der Waals surface area contributed by atoms with Crippen molar-refractivity contribution < 1.29 is 19.1 Å². The third-order valence-electron chi connectivity index (χ3n) is 3.47. The maximum absolute atomic E-state index is 12.4. The summed E-state index contributed by atoms with van der Waals surface area (Å²) in [6.45, 7) is 0. The van der Waals surface area contributed by atoms with Gasteiger partial charge in [-0.1, -0.05) is 54.6 Å². The molecular formula is C19H14O4. The van der Waals surface area contributed by atoms with E-state index in [9.17, 15) is 9.59 Å². The van der Waals surface area contributed by atoms with Crippen LogP contribution in [0.25, 0.3) is 11.1 Å². The van der Waals surface area contributed by atoms with Gasteiger partial charge in [-0.05, 0) is 23.3 Å². The first kappa shape index (κ1) is 14.8. The van der Waals surface area contributed by atoms with Crippen LogP contribution < -0.4 is 0 Å². The molecule has 3 rings (SSSR count). The highest BCUT2D eigenvalue weighted by atomic mass is 16.4. The van der Waals surface area contributed by atoms with Crippen LogP contribution in [0.4, 0.5) is 0 Å². The molecule has 0 saturated heterocycles. The molecule has 1 aromatic heterocycles. The summed E-state index contributed by atoms with van der Waals surface area (Å²) in [6.07, 6.45) is -0.236. The summed E-state index contributed by atoms with van der Waals surface area (Å²) in [7, 11) is 0. The van der Waals surface area contributed by atoms with E-state index < -0.39 is 5.97 Å². The van der Waals surface area contributed by atoms with Crippen LogP contribution in [-0.4, -0.2) is 16.9 Å². The van der Waals surface area contributed by atoms with Crippen molar-refractivity contribution in [3.05, 3.63) is 83.8 Å². The van der Waals surface area contributed by atoms with E-state index in [4.69, 9.17) is 9.52 Å². The zero-order valence-corrected chi connectivity index (χ0v) is 12.2. The average Bonchev–Trinajstić information content (AvgIpc) is 3.03. The number of carboxylic acid groups (broad SMARTS) is 1. The van der Waals surface area contributed by atoms with Crippen molar-refractivity contribution in [2.24, 2.45) is 0 Å². The Morgan fingerprint density at radius 3 is 2.13 bits per heavy atom. The summed E-state index contributed by atoms with van der Waals surface area (Å²) < 4.78 is 5.30. The van der Waals surface area contributed by atoms with Crippen molar-refractivity contribution in [3.8, 4) is 11.1 Å². The first-order valence-corrected chi connectivity index (χ1v) is 7.14. The lowest BCUT2D eigenvalue weighted by molar-refractivity contribution is -0.136. The smallest absolute Gasteiger partial charge is 0.311 e. The third kappa shape index (κ3) is 3.37. The first-order chi connectivity index (χ1) is 11.1. The second-order valence-electron chi connectivity index (χ2n) is 5.11. The molecule has 0 unspecified atom stereocenters. The Labute approximate surface area is 133 Å². The number of benzene rings is 2. The third-order valence-corrected chi connectivity index (χ3v) is 3.47. The molecule has 2 aromatic carbocycles. The normalized spacial score (nSPS) is 10.4. The summed E-state index contributed by atoms with van der Waals surface area (Å²) in [6, 6.07) is 20.1. The summed E-state index contributed by atoms with van der Waals surface area (Å²) >= 11 is 0. The van der Waals surface area contributed by atoms with Gasteiger partial charge in [0.05, 0.1) is 0 Å². The van der Waals surface area contributed by atoms with Crippen LogP contribution in [-0.2, 0) is 11.2 Å². The molecule has 0 fully saturated rings. The lowest BCUT2D eigenvalue weighted by Gasteiger charge is -2.03. The SMILES string of the molecule is O=C(O)Cc1ccc(C(=O)c2ccc(-c3ccccc3)cc2)o1. The van der Waals surface area contributed by atoms with Gasteiger partial charge in [-0.2, -0.15) is 0 Å². The summed E-state index contributed by atoms with van der Waals surface area (Å²) in [5.41, 5.74) is 2.60. The van der Waals surface area contributed by atoms with Crippen LogP contribution >= 0.6 is 0 Å². The molecule has 0 aliphatic rings.